The van der Waals surface area contributed by atoms with Crippen LogP contribution >= 0.6 is 0 Å². The van der Waals surface area contributed by atoms with Gasteiger partial charge in [-0.2, -0.15) is 0 Å². The molecule has 0 fully saturated rings. The Bertz CT molecular complexity index is 3280. The molecule has 6 aromatic rings. The number of hydrogen-bond acceptors (Lipinski definition) is 17. The highest BCUT2D eigenvalue weighted by atomic mass is 16.6. The zero-order valence-electron chi connectivity index (χ0n) is 51.3. The van der Waals surface area contributed by atoms with E-state index >= 15 is 0 Å². The van der Waals surface area contributed by atoms with E-state index in [9.17, 15) is 43.2 Å². The number of nitrogens with one attached hydrogen (secondary N) is 5. The molecule has 1 aliphatic carbocycles. The van der Waals surface area contributed by atoms with Gasteiger partial charge in [0.2, 0.25) is 23.6 Å². The van der Waals surface area contributed by atoms with E-state index in [0.29, 0.717) is 36.9 Å². The van der Waals surface area contributed by atoms with Crippen LogP contribution in [0.4, 0.5) is 4.79 Å². The number of rotatable bonds is 39. The van der Waals surface area contributed by atoms with Crippen LogP contribution in [0.5, 0.6) is 0 Å². The highest BCUT2D eigenvalue weighted by Gasteiger charge is 2.32. The van der Waals surface area contributed by atoms with E-state index in [1.54, 1.807) is 109 Å². The maximum atomic E-state index is 14.3. The first-order valence-electron chi connectivity index (χ1n) is 30.8. The number of fused-ring (bicyclic) bond motifs is 3. The Morgan fingerprint density at radius 3 is 1.37 bits per heavy atom. The Hall–Kier alpha value is -9.77. The van der Waals surface area contributed by atoms with Crippen LogP contribution in [0.15, 0.2) is 170 Å². The Labute approximate surface area is 534 Å². The summed E-state index contributed by atoms with van der Waals surface area (Å²) < 4.78 is 38.7. The smallest absolute Gasteiger partial charge is 0.407 e. The number of carbonyl (C=O) groups excluding carboxylic acids is 9. The summed E-state index contributed by atoms with van der Waals surface area (Å²) in [6.45, 7) is -0.202. The fraction of sp³-hybridized carbons (Fsp3) is 0.357. The van der Waals surface area contributed by atoms with E-state index in [-0.39, 0.29) is 103 Å². The summed E-state index contributed by atoms with van der Waals surface area (Å²) in [7, 11) is 0. The van der Waals surface area contributed by atoms with E-state index in [0.717, 1.165) is 33.4 Å². The van der Waals surface area contributed by atoms with Gasteiger partial charge >= 0.3 is 30.0 Å². The number of benzene rings is 6. The standard InChI is InChI=1S/C70H80N6O16/c71-58(31-17-18-38-73-70(85)92-47-57-55-29-15-13-27-53(55)54-28-14-16-30-56(54)57)66(81)72-39-40-86-41-42-87-48-63(78)74-59(67(82)76-61(69(84)91-46-52-25-11-4-12-26-52)34-37-65(80)89-44-50-21-7-2-8-22-50)32-35-62(77)75-60(68(83)90-45-51-23-9-3-10-24-51)33-36-64(79)88-43-49-19-5-1-6-20-49/h1-16,19-30,57-61H,17-18,31-48,71H2,(H,72,81)(H,73,85)(H,74,78)(H,75,77)(H,76,82). The predicted octanol–water partition coefficient (Wildman–Crippen LogP) is 6.94. The van der Waals surface area contributed by atoms with Crippen LogP contribution in [0.1, 0.15) is 97.1 Å². The number of unbranched alkanes of at least 4 members (excludes halogenated alkanes) is 1. The molecule has 0 bridgehead atoms. The molecule has 5 amide bonds. The summed E-state index contributed by atoms with van der Waals surface area (Å²) in [5, 5.41) is 13.3. The minimum absolute atomic E-state index is 0.00962. The Morgan fingerprint density at radius 1 is 0.402 bits per heavy atom. The average molecular weight is 1260 g/mol. The monoisotopic (exact) mass is 1260 g/mol. The van der Waals surface area contributed by atoms with E-state index in [4.69, 9.17) is 38.9 Å². The minimum Gasteiger partial charge on any atom is -0.461 e. The predicted molar refractivity (Wildman–Crippen MR) is 338 cm³/mol. The van der Waals surface area contributed by atoms with Crippen molar-refractivity contribution in [3.05, 3.63) is 203 Å². The van der Waals surface area contributed by atoms with Crippen molar-refractivity contribution in [2.24, 2.45) is 5.73 Å². The molecule has 6 aromatic carbocycles. The molecule has 0 radical (unpaired) electrons. The number of carbonyl (C=O) groups is 9. The molecule has 92 heavy (non-hydrogen) atoms. The van der Waals surface area contributed by atoms with Crippen LogP contribution in [0.2, 0.25) is 0 Å². The first kappa shape index (κ1) is 69.7. The van der Waals surface area contributed by atoms with Crippen molar-refractivity contribution in [3.63, 3.8) is 0 Å². The van der Waals surface area contributed by atoms with Gasteiger partial charge in [-0.05, 0) is 83.0 Å². The summed E-state index contributed by atoms with van der Waals surface area (Å²) in [4.78, 5) is 120. The van der Waals surface area contributed by atoms with Crippen molar-refractivity contribution in [1.82, 2.24) is 26.6 Å². The van der Waals surface area contributed by atoms with Gasteiger partial charge in [0.05, 0.1) is 25.9 Å². The number of hydrogen-bond donors (Lipinski definition) is 6. The fourth-order valence-electron chi connectivity index (χ4n) is 9.84. The lowest BCUT2D eigenvalue weighted by molar-refractivity contribution is -0.151. The molecule has 22 heteroatoms. The van der Waals surface area contributed by atoms with Gasteiger partial charge in [-0.25, -0.2) is 14.4 Å². The molecule has 0 spiro atoms. The molecule has 0 aliphatic heterocycles. The number of amides is 5. The summed E-state index contributed by atoms with van der Waals surface area (Å²) in [5.41, 5.74) is 13.5. The molecule has 486 valence electrons. The summed E-state index contributed by atoms with van der Waals surface area (Å²) >= 11 is 0. The second-order valence-corrected chi connectivity index (χ2v) is 21.7. The van der Waals surface area contributed by atoms with Crippen molar-refractivity contribution in [2.45, 2.75) is 114 Å². The van der Waals surface area contributed by atoms with Crippen LogP contribution in [-0.4, -0.2) is 124 Å². The first-order chi connectivity index (χ1) is 44.8. The molecule has 0 aromatic heterocycles. The van der Waals surface area contributed by atoms with Gasteiger partial charge < -0.3 is 65.5 Å². The van der Waals surface area contributed by atoms with Crippen LogP contribution < -0.4 is 32.3 Å². The minimum atomic E-state index is -1.50. The van der Waals surface area contributed by atoms with Gasteiger partial charge in [0.25, 0.3) is 0 Å². The van der Waals surface area contributed by atoms with Gasteiger partial charge in [0.15, 0.2) is 0 Å². The normalized spacial score (nSPS) is 12.7. The summed E-state index contributed by atoms with van der Waals surface area (Å²) in [6.07, 6.45) is -0.884. The quantitative estimate of drug-likeness (QED) is 0.0129. The van der Waals surface area contributed by atoms with Crippen LogP contribution in [0.25, 0.3) is 11.1 Å². The molecule has 22 nitrogen and oxygen atoms in total. The molecule has 1 aliphatic rings. The lowest BCUT2D eigenvalue weighted by Crippen LogP contribution is -2.53. The van der Waals surface area contributed by atoms with E-state index < -0.39 is 84.9 Å². The third-order valence-corrected chi connectivity index (χ3v) is 14.8. The van der Waals surface area contributed by atoms with E-state index in [2.05, 4.69) is 50.8 Å². The van der Waals surface area contributed by atoms with Gasteiger partial charge in [-0.15, -0.1) is 0 Å². The highest BCUT2D eigenvalue weighted by molar-refractivity contribution is 5.92. The topological polar surface area (TPSA) is 304 Å². The van der Waals surface area contributed by atoms with Gasteiger partial charge in [-0.1, -0.05) is 170 Å². The molecule has 0 saturated carbocycles. The highest BCUT2D eigenvalue weighted by Crippen LogP contribution is 2.44. The van der Waals surface area contributed by atoms with Crippen molar-refractivity contribution >= 4 is 53.6 Å². The fourth-order valence-corrected chi connectivity index (χ4v) is 9.84. The van der Waals surface area contributed by atoms with Crippen molar-refractivity contribution in [2.75, 3.05) is 46.1 Å². The number of nitrogens with two attached hydrogens (primary N) is 1. The maximum absolute atomic E-state index is 14.3. The summed E-state index contributed by atoms with van der Waals surface area (Å²) in [6, 6.07) is 46.7. The molecular formula is C70H80N6O16. The van der Waals surface area contributed by atoms with E-state index in [1.165, 1.54) is 0 Å². The zero-order valence-corrected chi connectivity index (χ0v) is 51.3. The molecule has 4 unspecified atom stereocenters. The van der Waals surface area contributed by atoms with Crippen molar-refractivity contribution in [1.29, 1.82) is 0 Å². The van der Waals surface area contributed by atoms with E-state index in [1.807, 2.05) is 36.4 Å². The lowest BCUT2D eigenvalue weighted by Gasteiger charge is -2.23. The molecule has 7 N–H and O–H groups in total. The summed E-state index contributed by atoms with van der Waals surface area (Å²) in [5.74, 6) is -5.90. The van der Waals surface area contributed by atoms with Gasteiger partial charge in [0.1, 0.15) is 57.8 Å². The average Bonchev–Trinajstić information content (AvgIpc) is 1.62. The third kappa shape index (κ3) is 24.5. The van der Waals surface area contributed by atoms with Crippen LogP contribution in [0.3, 0.4) is 0 Å². The molecule has 7 rings (SSSR count). The molecule has 0 saturated heterocycles. The number of esters is 4. The number of alkyl carbamates (subject to hydrolysis) is 1. The van der Waals surface area contributed by atoms with Gasteiger partial charge in [-0.3, -0.25) is 28.8 Å². The van der Waals surface area contributed by atoms with Gasteiger partial charge in [0, 0.05) is 38.3 Å². The first-order valence-corrected chi connectivity index (χ1v) is 30.8. The van der Waals surface area contributed by atoms with Crippen molar-refractivity contribution < 1.29 is 76.3 Å². The largest absolute Gasteiger partial charge is 0.461 e. The second kappa shape index (κ2) is 38.7. The second-order valence-electron chi connectivity index (χ2n) is 21.7. The van der Waals surface area contributed by atoms with Crippen LogP contribution in [0, 0.1) is 0 Å². The maximum Gasteiger partial charge on any atom is 0.407 e. The Kier molecular flexibility index (Phi) is 29.3. The Balaban J connectivity index is 0.869. The molecular weight excluding hydrogens is 1180 g/mol. The molecule has 4 atom stereocenters. The SMILES string of the molecule is NC(CCCCNC(=O)OCC1c2ccccc2-c2ccccc21)C(=O)NCCOCCOCC(=O)NC(CCC(=O)NC(CCC(=O)OCc1ccccc1)C(=O)OCc1ccccc1)C(=O)NC(CCC(=O)OCc1ccccc1)C(=O)OCc1ccccc1. The Morgan fingerprint density at radius 2 is 0.848 bits per heavy atom. The third-order valence-electron chi connectivity index (χ3n) is 14.8. The zero-order chi connectivity index (χ0) is 65.1. The number of ether oxygens (including phenoxy) is 7. The molecule has 0 heterocycles. The van der Waals surface area contributed by atoms with Crippen LogP contribution in [-0.2, 0) is 97.9 Å². The lowest BCUT2D eigenvalue weighted by atomic mass is 9.98. The van der Waals surface area contributed by atoms with Crippen molar-refractivity contribution in [3.8, 4) is 11.1 Å².